The molecule has 0 spiro atoms. The highest BCUT2D eigenvalue weighted by Gasteiger charge is 2.27. The number of aryl methyl sites for hydroxylation is 2. The van der Waals surface area contributed by atoms with E-state index in [9.17, 15) is 4.79 Å². The van der Waals surface area contributed by atoms with Gasteiger partial charge in [-0.25, -0.2) is 0 Å². The van der Waals surface area contributed by atoms with Gasteiger partial charge in [-0.2, -0.15) is 4.57 Å². The molecule has 0 saturated heterocycles. The molecule has 3 aromatic carbocycles. The molecule has 0 N–H and O–H groups in total. The van der Waals surface area contributed by atoms with Gasteiger partial charge in [-0.15, -0.1) is 17.9 Å². The third-order valence-corrected chi connectivity index (χ3v) is 11.4. The van der Waals surface area contributed by atoms with Gasteiger partial charge in [0.25, 0.3) is 10.6 Å². The summed E-state index contributed by atoms with van der Waals surface area (Å²) in [4.78, 5) is 18.7. The highest BCUT2D eigenvalue weighted by atomic mass is 32.2. The molecule has 3 heterocycles. The van der Waals surface area contributed by atoms with Crippen molar-refractivity contribution in [2.75, 3.05) is 11.4 Å². The quantitative estimate of drug-likeness (QED) is 0.120. The van der Waals surface area contributed by atoms with Gasteiger partial charge in [0.2, 0.25) is 5.69 Å². The monoisotopic (exact) mass is 648 g/mol. The van der Waals surface area contributed by atoms with Crippen molar-refractivity contribution in [3.05, 3.63) is 132 Å². The molecule has 0 aliphatic carbocycles. The second kappa shape index (κ2) is 13.6. The van der Waals surface area contributed by atoms with Crippen LogP contribution in [0.15, 0.2) is 106 Å². The van der Waals surface area contributed by atoms with Gasteiger partial charge in [-0.3, -0.25) is 9.36 Å². The lowest BCUT2D eigenvalue weighted by molar-refractivity contribution is -0.679. The molecule has 0 fully saturated rings. The minimum atomic E-state index is 0.0170. The van der Waals surface area contributed by atoms with Crippen LogP contribution in [0.25, 0.3) is 33.9 Å². The van der Waals surface area contributed by atoms with Gasteiger partial charge < -0.3 is 4.90 Å². The maximum atomic E-state index is 13.8. The van der Waals surface area contributed by atoms with Crippen LogP contribution in [0.3, 0.4) is 0 Å². The first-order chi connectivity index (χ1) is 21.9. The minimum absolute atomic E-state index is 0.0170. The van der Waals surface area contributed by atoms with Crippen LogP contribution in [-0.4, -0.2) is 11.1 Å². The molecule has 0 amide bonds. The van der Waals surface area contributed by atoms with Crippen molar-refractivity contribution in [2.24, 2.45) is 0 Å². The molecule has 0 unspecified atom stereocenters. The first-order valence-corrected chi connectivity index (χ1v) is 17.9. The highest BCUT2D eigenvalue weighted by Crippen LogP contribution is 2.47. The van der Waals surface area contributed by atoms with Gasteiger partial charge in [0, 0.05) is 23.5 Å². The number of thioether (sulfide) groups is 1. The van der Waals surface area contributed by atoms with E-state index in [2.05, 4.69) is 129 Å². The van der Waals surface area contributed by atoms with Gasteiger partial charge in [0.15, 0.2) is 0 Å². The van der Waals surface area contributed by atoms with Crippen molar-refractivity contribution in [3.8, 4) is 21.7 Å². The number of allylic oxidation sites excluding steroid dienone is 2. The van der Waals surface area contributed by atoms with E-state index in [1.54, 1.807) is 40.5 Å². The van der Waals surface area contributed by atoms with E-state index in [0.29, 0.717) is 6.54 Å². The predicted molar refractivity (Wildman–Crippen MR) is 195 cm³/mol. The van der Waals surface area contributed by atoms with Crippen LogP contribution in [0.2, 0.25) is 0 Å². The molecule has 7 heteroatoms. The van der Waals surface area contributed by atoms with E-state index < -0.39 is 0 Å². The molecule has 228 valence electrons. The summed E-state index contributed by atoms with van der Waals surface area (Å²) in [5.74, 6) is 0. The second-order valence-electron chi connectivity index (χ2n) is 11.1. The van der Waals surface area contributed by atoms with Crippen molar-refractivity contribution < 1.29 is 4.57 Å². The number of benzene rings is 3. The number of aromatic nitrogens is 2. The lowest BCUT2D eigenvalue weighted by atomic mass is 10.1. The summed E-state index contributed by atoms with van der Waals surface area (Å²) in [5, 5.41) is 2.27. The normalized spacial score (nSPS) is 14.5. The predicted octanol–water partition coefficient (Wildman–Crippen LogP) is 7.89. The van der Waals surface area contributed by atoms with Crippen LogP contribution in [-0.2, 0) is 13.1 Å². The molecule has 0 bridgehead atoms. The van der Waals surface area contributed by atoms with Gasteiger partial charge in [0.05, 0.1) is 21.3 Å². The largest absolute Gasteiger partial charge is 0.335 e. The van der Waals surface area contributed by atoms with Crippen molar-refractivity contribution >= 4 is 52.3 Å². The number of rotatable bonds is 9. The molecule has 0 atom stereocenters. The summed E-state index contributed by atoms with van der Waals surface area (Å²) in [6.45, 7) is 14.9. The first kappa shape index (κ1) is 31.1. The number of hydrogen-bond acceptors (Lipinski definition) is 5. The second-order valence-corrected chi connectivity index (χ2v) is 14.2. The van der Waals surface area contributed by atoms with Crippen LogP contribution in [0.4, 0.5) is 5.69 Å². The Morgan fingerprint density at radius 2 is 1.58 bits per heavy atom. The van der Waals surface area contributed by atoms with Crippen LogP contribution < -0.4 is 24.2 Å². The topological polar surface area (TPSA) is 29.1 Å². The van der Waals surface area contributed by atoms with Crippen LogP contribution in [0, 0.1) is 13.8 Å². The summed E-state index contributed by atoms with van der Waals surface area (Å²) < 4.78 is 5.86. The number of anilines is 1. The molecule has 1 aliphatic rings. The average molecular weight is 649 g/mol. The smallest absolute Gasteiger partial charge is 0.269 e. The van der Waals surface area contributed by atoms with E-state index in [4.69, 9.17) is 0 Å². The minimum Gasteiger partial charge on any atom is -0.335 e. The van der Waals surface area contributed by atoms with E-state index >= 15 is 0 Å². The van der Waals surface area contributed by atoms with Crippen LogP contribution >= 0.6 is 34.4 Å². The Morgan fingerprint density at radius 1 is 0.889 bits per heavy atom. The maximum absolute atomic E-state index is 13.8. The summed E-state index contributed by atoms with van der Waals surface area (Å²) in [6.07, 6.45) is 9.16. The molecule has 1 aliphatic heterocycles. The van der Waals surface area contributed by atoms with Crippen molar-refractivity contribution in [3.63, 3.8) is 0 Å². The number of fused-ring (bicyclic) bond motifs is 1. The van der Waals surface area contributed by atoms with E-state index in [-0.39, 0.29) is 5.56 Å². The number of nitrogens with zero attached hydrogens (tertiary/aromatic N) is 3. The zero-order chi connectivity index (χ0) is 31.5. The molecule has 5 aromatic rings. The van der Waals surface area contributed by atoms with Crippen LogP contribution in [0.5, 0.6) is 0 Å². The Kier molecular flexibility index (Phi) is 9.40. The van der Waals surface area contributed by atoms with E-state index in [0.717, 1.165) is 38.7 Å². The van der Waals surface area contributed by atoms with Gasteiger partial charge in [0.1, 0.15) is 16.1 Å². The molecule has 0 saturated carbocycles. The Morgan fingerprint density at radius 3 is 2.24 bits per heavy atom. The third-order valence-electron chi connectivity index (χ3n) is 8.02. The first-order valence-electron chi connectivity index (χ1n) is 15.4. The van der Waals surface area contributed by atoms with Gasteiger partial charge in [-0.1, -0.05) is 84.6 Å². The van der Waals surface area contributed by atoms with Crippen molar-refractivity contribution in [1.82, 2.24) is 4.57 Å². The van der Waals surface area contributed by atoms with Crippen molar-refractivity contribution in [2.45, 2.75) is 52.1 Å². The Labute approximate surface area is 277 Å². The molecule has 2 aromatic heterocycles. The van der Waals surface area contributed by atoms with Gasteiger partial charge in [-0.05, 0) is 80.3 Å². The van der Waals surface area contributed by atoms with Crippen LogP contribution in [0.1, 0.15) is 36.4 Å². The van der Waals surface area contributed by atoms with Gasteiger partial charge >= 0.3 is 0 Å². The Bertz CT molecular complexity index is 2070. The molecule has 0 radical (unpaired) electrons. The molecule has 4 nitrogen and oxygen atoms in total. The maximum Gasteiger partial charge on any atom is 0.269 e. The molecular formula is C38H38N3OS3+. The SMILES string of the molecule is C=CCn1c(=Cc2sc(-c3ccccc3)c(-c3ccccc3)[n+]2CC)sc(=CC=C2Sc3cc(C)c(C)cc3N2CCC)c1=O. The van der Waals surface area contributed by atoms with Crippen molar-refractivity contribution in [1.29, 1.82) is 0 Å². The summed E-state index contributed by atoms with van der Waals surface area (Å²) in [7, 11) is 0. The summed E-state index contributed by atoms with van der Waals surface area (Å²) >= 11 is 5.10. The fraction of sp³-hybridized carbons (Fsp3) is 0.211. The van der Waals surface area contributed by atoms with E-state index in [1.807, 2.05) is 10.6 Å². The average Bonchev–Trinajstić information content (AvgIpc) is 3.69. The summed E-state index contributed by atoms with van der Waals surface area (Å²) in [6, 6.07) is 25.7. The zero-order valence-electron chi connectivity index (χ0n) is 26.2. The number of thiazole rings is 2. The molecular weight excluding hydrogens is 611 g/mol. The Balaban J connectivity index is 1.49. The lowest BCUT2D eigenvalue weighted by Gasteiger charge is -2.19. The highest BCUT2D eigenvalue weighted by molar-refractivity contribution is 8.03. The zero-order valence-corrected chi connectivity index (χ0v) is 28.7. The molecule has 45 heavy (non-hydrogen) atoms. The third kappa shape index (κ3) is 6.17. The molecule has 6 rings (SSSR count). The Hall–Kier alpha value is -3.91. The fourth-order valence-electron chi connectivity index (χ4n) is 5.67. The lowest BCUT2D eigenvalue weighted by Crippen LogP contribution is -2.37. The standard InChI is InChI=1S/C38H38N3OS3/c1-6-21-40-30-23-26(4)27(5)24-32(30)44-33(40)20-19-31-38(42)41(22-7-2)35(43-31)25-34-39(8-3)36(28-15-11-9-12-16-28)37(45-34)29-17-13-10-14-18-29/h7,9-20,23-25H,2,6,8,21-22H2,1,3-5H3/q+1. The number of hydrogen-bond donors (Lipinski definition) is 0. The fourth-order valence-corrected chi connectivity index (χ4v) is 9.21. The van der Waals surface area contributed by atoms with E-state index in [1.165, 1.54) is 43.4 Å². The summed E-state index contributed by atoms with van der Waals surface area (Å²) in [5.41, 5.74) is 7.46.